The highest BCUT2D eigenvalue weighted by molar-refractivity contribution is 7.80. The standard InChI is InChI=1S/C14H29NOSSi2/c1-8-16-14(17)12-9-10-13(11-12)15(18(2,3)4)19(5,6)7/h9,13H,8,10-11H2,1-7H3. The quantitative estimate of drug-likeness (QED) is 0.551. The Bertz CT molecular complexity index is 355. The van der Waals surface area contributed by atoms with E-state index in [1.807, 2.05) is 6.92 Å². The van der Waals surface area contributed by atoms with Crippen LogP contribution in [0.25, 0.3) is 0 Å². The highest BCUT2D eigenvalue weighted by Gasteiger charge is 2.40. The highest BCUT2D eigenvalue weighted by Crippen LogP contribution is 2.32. The van der Waals surface area contributed by atoms with Crippen LogP contribution in [0.3, 0.4) is 0 Å². The summed E-state index contributed by atoms with van der Waals surface area (Å²) in [5.41, 5.74) is 1.25. The van der Waals surface area contributed by atoms with E-state index in [4.69, 9.17) is 17.0 Å². The molecule has 1 unspecified atom stereocenters. The lowest BCUT2D eigenvalue weighted by molar-refractivity contribution is 0.334. The molecule has 0 amide bonds. The van der Waals surface area contributed by atoms with Crippen LogP contribution in [0.5, 0.6) is 0 Å². The Morgan fingerprint density at radius 1 is 1.26 bits per heavy atom. The second-order valence-corrected chi connectivity index (χ2v) is 17.7. The average Bonchev–Trinajstić information content (AvgIpc) is 2.62. The molecule has 1 atom stereocenters. The first-order valence-corrected chi connectivity index (χ1v) is 14.5. The van der Waals surface area contributed by atoms with E-state index in [0.29, 0.717) is 12.6 Å². The van der Waals surface area contributed by atoms with E-state index < -0.39 is 16.5 Å². The van der Waals surface area contributed by atoms with Gasteiger partial charge in [0, 0.05) is 11.6 Å². The summed E-state index contributed by atoms with van der Waals surface area (Å²) in [6.45, 7) is 17.4. The van der Waals surface area contributed by atoms with Crippen LogP contribution in [0.2, 0.25) is 39.3 Å². The molecule has 0 saturated heterocycles. The first-order valence-electron chi connectivity index (χ1n) is 7.23. The topological polar surface area (TPSA) is 12.5 Å². The van der Waals surface area contributed by atoms with Crippen molar-refractivity contribution in [1.29, 1.82) is 0 Å². The molecule has 1 rings (SSSR count). The molecule has 2 nitrogen and oxygen atoms in total. The minimum atomic E-state index is -1.29. The van der Waals surface area contributed by atoms with Crippen LogP contribution in [0.4, 0.5) is 0 Å². The summed E-state index contributed by atoms with van der Waals surface area (Å²) in [5, 5.41) is 0.719. The third-order valence-corrected chi connectivity index (χ3v) is 11.5. The molecule has 1 aliphatic carbocycles. The lowest BCUT2D eigenvalue weighted by Crippen LogP contribution is -2.62. The minimum Gasteiger partial charge on any atom is -0.483 e. The van der Waals surface area contributed by atoms with Gasteiger partial charge in [-0.3, -0.25) is 0 Å². The van der Waals surface area contributed by atoms with Crippen LogP contribution in [-0.2, 0) is 4.74 Å². The molecule has 0 aromatic carbocycles. The highest BCUT2D eigenvalue weighted by atomic mass is 32.1. The molecule has 0 spiro atoms. The van der Waals surface area contributed by atoms with Gasteiger partial charge in [0.25, 0.3) is 0 Å². The Balaban J connectivity index is 2.81. The van der Waals surface area contributed by atoms with E-state index in [0.717, 1.165) is 17.9 Å². The molecule has 0 radical (unpaired) electrons. The number of ether oxygens (including phenoxy) is 1. The van der Waals surface area contributed by atoms with E-state index in [1.165, 1.54) is 5.57 Å². The molecule has 0 N–H and O–H groups in total. The van der Waals surface area contributed by atoms with Crippen molar-refractivity contribution < 1.29 is 4.74 Å². The van der Waals surface area contributed by atoms with Gasteiger partial charge < -0.3 is 8.97 Å². The van der Waals surface area contributed by atoms with Gasteiger partial charge in [-0.05, 0) is 32.0 Å². The zero-order valence-electron chi connectivity index (χ0n) is 13.5. The van der Waals surface area contributed by atoms with Gasteiger partial charge in [0.1, 0.15) is 16.5 Å². The molecular weight excluding hydrogens is 286 g/mol. The SMILES string of the molecule is CCOC(=S)C1=CCC(N([Si](C)(C)C)[Si](C)(C)C)C1. The van der Waals surface area contributed by atoms with Gasteiger partial charge in [-0.25, -0.2) is 0 Å². The fourth-order valence-corrected chi connectivity index (χ4v) is 14.3. The van der Waals surface area contributed by atoms with Crippen molar-refractivity contribution in [2.24, 2.45) is 0 Å². The van der Waals surface area contributed by atoms with Gasteiger partial charge in [-0.2, -0.15) is 0 Å². The smallest absolute Gasteiger partial charge is 0.186 e. The summed E-state index contributed by atoms with van der Waals surface area (Å²) in [4.78, 5) is 0. The predicted octanol–water partition coefficient (Wildman–Crippen LogP) is 4.41. The predicted molar refractivity (Wildman–Crippen MR) is 93.9 cm³/mol. The van der Waals surface area contributed by atoms with Gasteiger partial charge in [-0.1, -0.05) is 45.4 Å². The van der Waals surface area contributed by atoms with Crippen molar-refractivity contribution in [3.8, 4) is 0 Å². The van der Waals surface area contributed by atoms with E-state index in [9.17, 15) is 0 Å². The summed E-state index contributed by atoms with van der Waals surface area (Å²) in [6, 6.07) is 0.645. The normalized spacial score (nSPS) is 20.6. The molecule has 0 aromatic heterocycles. The van der Waals surface area contributed by atoms with Gasteiger partial charge in [0.15, 0.2) is 5.05 Å². The van der Waals surface area contributed by atoms with Gasteiger partial charge in [0.05, 0.1) is 6.61 Å². The molecule has 0 bridgehead atoms. The van der Waals surface area contributed by atoms with Gasteiger partial charge in [0.2, 0.25) is 0 Å². The average molecular weight is 316 g/mol. The zero-order valence-corrected chi connectivity index (χ0v) is 16.4. The molecular formula is C14H29NOSSi2. The molecule has 1 aliphatic rings. The van der Waals surface area contributed by atoms with Crippen LogP contribution in [-0.4, -0.2) is 38.4 Å². The monoisotopic (exact) mass is 315 g/mol. The first-order chi connectivity index (χ1) is 8.57. The Labute approximate surface area is 126 Å². The second-order valence-electron chi connectivity index (χ2n) is 7.26. The van der Waals surface area contributed by atoms with E-state index in [-0.39, 0.29) is 0 Å². The lowest BCUT2D eigenvalue weighted by Gasteiger charge is -2.48. The van der Waals surface area contributed by atoms with Crippen LogP contribution in [0, 0.1) is 0 Å². The largest absolute Gasteiger partial charge is 0.483 e. The maximum absolute atomic E-state index is 5.49. The summed E-state index contributed by atoms with van der Waals surface area (Å²) in [7, 11) is -2.58. The summed E-state index contributed by atoms with van der Waals surface area (Å²) < 4.78 is 8.38. The van der Waals surface area contributed by atoms with E-state index in [2.05, 4.69) is 49.6 Å². The van der Waals surface area contributed by atoms with E-state index in [1.54, 1.807) is 0 Å². The zero-order chi connectivity index (χ0) is 14.8. The minimum absolute atomic E-state index is 0.645. The van der Waals surface area contributed by atoms with Crippen molar-refractivity contribution >= 4 is 33.7 Å². The Hall–Kier alpha value is 0.0238. The summed E-state index contributed by atoms with van der Waals surface area (Å²) in [5.74, 6) is 0. The molecule has 0 saturated carbocycles. The molecule has 0 fully saturated rings. The second kappa shape index (κ2) is 6.20. The molecule has 5 heteroatoms. The lowest BCUT2D eigenvalue weighted by atomic mass is 10.2. The van der Waals surface area contributed by atoms with Crippen molar-refractivity contribution in [3.05, 3.63) is 11.6 Å². The van der Waals surface area contributed by atoms with Crippen molar-refractivity contribution in [1.82, 2.24) is 4.23 Å². The van der Waals surface area contributed by atoms with Crippen LogP contribution in [0.1, 0.15) is 19.8 Å². The number of hydrogen-bond donors (Lipinski definition) is 0. The van der Waals surface area contributed by atoms with Crippen molar-refractivity contribution in [3.63, 3.8) is 0 Å². The number of hydrogen-bond acceptors (Lipinski definition) is 3. The molecule has 19 heavy (non-hydrogen) atoms. The van der Waals surface area contributed by atoms with E-state index >= 15 is 0 Å². The third-order valence-electron chi connectivity index (χ3n) is 3.44. The molecule has 0 heterocycles. The summed E-state index contributed by atoms with van der Waals surface area (Å²) in [6.07, 6.45) is 4.51. The maximum Gasteiger partial charge on any atom is 0.186 e. The van der Waals surface area contributed by atoms with Gasteiger partial charge in [-0.15, -0.1) is 0 Å². The Morgan fingerprint density at radius 3 is 2.21 bits per heavy atom. The molecule has 110 valence electrons. The first kappa shape index (κ1) is 17.1. The van der Waals surface area contributed by atoms with Crippen molar-refractivity contribution in [2.75, 3.05) is 6.61 Å². The fraction of sp³-hybridized carbons (Fsp3) is 0.786. The summed E-state index contributed by atoms with van der Waals surface area (Å²) >= 11 is 5.35. The number of nitrogens with zero attached hydrogens (tertiary/aromatic N) is 1. The fourth-order valence-electron chi connectivity index (χ4n) is 3.39. The number of rotatable bonds is 5. The number of thiocarbonyl (C=S) groups is 1. The maximum atomic E-state index is 5.49. The molecule has 0 aliphatic heterocycles. The van der Waals surface area contributed by atoms with Crippen molar-refractivity contribution in [2.45, 2.75) is 65.1 Å². The Morgan fingerprint density at radius 2 is 1.79 bits per heavy atom. The van der Waals surface area contributed by atoms with Gasteiger partial charge >= 0.3 is 0 Å². The van der Waals surface area contributed by atoms with Crippen LogP contribution < -0.4 is 0 Å². The van der Waals surface area contributed by atoms with Crippen LogP contribution >= 0.6 is 12.2 Å². The Kier molecular flexibility index (Phi) is 5.57. The third kappa shape index (κ3) is 4.51. The molecule has 0 aromatic rings. The van der Waals surface area contributed by atoms with Crippen LogP contribution in [0.15, 0.2) is 11.6 Å².